The van der Waals surface area contributed by atoms with Crippen molar-refractivity contribution in [3.8, 4) is 0 Å². The molecule has 5 nitrogen and oxygen atoms in total. The quantitative estimate of drug-likeness (QED) is 0.929. The van der Waals surface area contributed by atoms with E-state index in [9.17, 15) is 9.18 Å². The molecule has 1 aliphatic heterocycles. The van der Waals surface area contributed by atoms with Crippen molar-refractivity contribution in [1.29, 1.82) is 0 Å². The minimum Gasteiger partial charge on any atom is -0.480 e. The molecule has 1 fully saturated rings. The summed E-state index contributed by atoms with van der Waals surface area (Å²) in [4.78, 5) is 19.0. The summed E-state index contributed by atoms with van der Waals surface area (Å²) in [5.41, 5.74) is 1.72. The van der Waals surface area contributed by atoms with Crippen molar-refractivity contribution >= 4 is 22.6 Å². The third kappa shape index (κ3) is 2.95. The van der Waals surface area contributed by atoms with E-state index in [0.717, 1.165) is 29.7 Å². The number of carbonyl (C=O) groups is 1. The van der Waals surface area contributed by atoms with Gasteiger partial charge in [0, 0.05) is 43.4 Å². The van der Waals surface area contributed by atoms with E-state index in [-0.39, 0.29) is 12.4 Å². The molecule has 0 atom stereocenters. The molecule has 6 heteroatoms. The lowest BCUT2D eigenvalue weighted by Crippen LogP contribution is -2.48. The Morgan fingerprint density at radius 1 is 1.24 bits per heavy atom. The average Bonchev–Trinajstić information content (AvgIpc) is 2.47. The van der Waals surface area contributed by atoms with Crippen molar-refractivity contribution in [2.45, 2.75) is 0 Å². The molecule has 1 aliphatic rings. The van der Waals surface area contributed by atoms with Gasteiger partial charge in [0.25, 0.3) is 0 Å². The van der Waals surface area contributed by atoms with Crippen molar-refractivity contribution in [1.82, 2.24) is 9.88 Å². The zero-order chi connectivity index (χ0) is 14.8. The van der Waals surface area contributed by atoms with Crippen LogP contribution in [0.15, 0.2) is 30.5 Å². The van der Waals surface area contributed by atoms with E-state index < -0.39 is 5.97 Å². The summed E-state index contributed by atoms with van der Waals surface area (Å²) in [5, 5.41) is 9.61. The molecule has 0 saturated carbocycles. The lowest BCUT2D eigenvalue weighted by molar-refractivity contribution is -0.138. The molecular weight excluding hydrogens is 273 g/mol. The molecular formula is C15H16FN3O2. The maximum Gasteiger partial charge on any atom is 0.317 e. The van der Waals surface area contributed by atoms with Crippen molar-refractivity contribution in [3.05, 3.63) is 36.3 Å². The first-order valence-electron chi connectivity index (χ1n) is 6.87. The fourth-order valence-electron chi connectivity index (χ4n) is 2.72. The molecule has 0 bridgehead atoms. The van der Waals surface area contributed by atoms with Crippen molar-refractivity contribution in [3.63, 3.8) is 0 Å². The van der Waals surface area contributed by atoms with Gasteiger partial charge < -0.3 is 10.0 Å². The molecule has 2 heterocycles. The minimum atomic E-state index is -0.806. The van der Waals surface area contributed by atoms with Gasteiger partial charge in [0.15, 0.2) is 0 Å². The van der Waals surface area contributed by atoms with Crippen LogP contribution >= 0.6 is 0 Å². The second kappa shape index (κ2) is 5.65. The minimum absolute atomic E-state index is 0.0690. The normalized spacial score (nSPS) is 16.3. The molecule has 0 unspecified atom stereocenters. The lowest BCUT2D eigenvalue weighted by atomic mass is 10.1. The van der Waals surface area contributed by atoms with Gasteiger partial charge in [-0.15, -0.1) is 0 Å². The van der Waals surface area contributed by atoms with E-state index in [1.807, 2.05) is 11.0 Å². The molecule has 1 aromatic carbocycles. The number of halogens is 1. The van der Waals surface area contributed by atoms with E-state index in [0.29, 0.717) is 13.1 Å². The number of aliphatic carboxylic acids is 1. The molecule has 1 aromatic heterocycles. The maximum absolute atomic E-state index is 13.5. The number of hydrogen-bond donors (Lipinski definition) is 1. The number of carboxylic acids is 1. The van der Waals surface area contributed by atoms with Gasteiger partial charge in [-0.3, -0.25) is 14.7 Å². The molecule has 0 amide bonds. The molecule has 2 aromatic rings. The van der Waals surface area contributed by atoms with Crippen LogP contribution in [0.5, 0.6) is 0 Å². The highest BCUT2D eigenvalue weighted by Crippen LogP contribution is 2.26. The smallest absolute Gasteiger partial charge is 0.317 e. The van der Waals surface area contributed by atoms with Gasteiger partial charge in [0.1, 0.15) is 5.82 Å². The molecule has 110 valence electrons. The second-order valence-corrected chi connectivity index (χ2v) is 5.15. The monoisotopic (exact) mass is 289 g/mol. The van der Waals surface area contributed by atoms with Gasteiger partial charge in [-0.2, -0.15) is 0 Å². The molecule has 1 saturated heterocycles. The molecule has 0 spiro atoms. The van der Waals surface area contributed by atoms with Crippen LogP contribution < -0.4 is 4.90 Å². The number of anilines is 1. The number of hydrogen-bond acceptors (Lipinski definition) is 4. The largest absolute Gasteiger partial charge is 0.480 e. The Morgan fingerprint density at radius 2 is 2.00 bits per heavy atom. The zero-order valence-electron chi connectivity index (χ0n) is 11.5. The number of rotatable bonds is 3. The lowest BCUT2D eigenvalue weighted by Gasteiger charge is -2.35. The van der Waals surface area contributed by atoms with Crippen molar-refractivity contribution < 1.29 is 14.3 Å². The van der Waals surface area contributed by atoms with Crippen LogP contribution in [0.2, 0.25) is 0 Å². The van der Waals surface area contributed by atoms with E-state index in [1.165, 1.54) is 12.1 Å². The predicted molar refractivity (Wildman–Crippen MR) is 78.0 cm³/mol. The van der Waals surface area contributed by atoms with E-state index in [1.54, 1.807) is 12.3 Å². The topological polar surface area (TPSA) is 56.7 Å². The standard InChI is InChI=1S/C15H16FN3O2/c16-11-1-2-13-12(9-11)14(3-4-17-13)19-7-5-18(6-8-19)10-15(20)21/h1-4,9H,5-8,10H2,(H,20,21). The predicted octanol–water partition coefficient (Wildman–Crippen LogP) is 1.58. The van der Waals surface area contributed by atoms with Crippen LogP contribution in [0.1, 0.15) is 0 Å². The Labute approximate surface area is 121 Å². The fraction of sp³-hybridized carbons (Fsp3) is 0.333. The van der Waals surface area contributed by atoms with Gasteiger partial charge >= 0.3 is 5.97 Å². The molecule has 0 aliphatic carbocycles. The average molecular weight is 289 g/mol. The maximum atomic E-state index is 13.5. The molecule has 0 radical (unpaired) electrons. The Kier molecular flexibility index (Phi) is 3.70. The summed E-state index contributed by atoms with van der Waals surface area (Å²) >= 11 is 0. The van der Waals surface area contributed by atoms with Gasteiger partial charge in [-0.1, -0.05) is 0 Å². The number of piperazine rings is 1. The Morgan fingerprint density at radius 3 is 2.71 bits per heavy atom. The third-order valence-corrected chi connectivity index (χ3v) is 3.75. The number of fused-ring (bicyclic) bond motifs is 1. The van der Waals surface area contributed by atoms with Crippen molar-refractivity contribution in [2.75, 3.05) is 37.6 Å². The first kappa shape index (κ1) is 13.8. The van der Waals surface area contributed by atoms with Crippen LogP contribution in [0.4, 0.5) is 10.1 Å². The first-order valence-corrected chi connectivity index (χ1v) is 6.87. The SMILES string of the molecule is O=C(O)CN1CCN(c2ccnc3ccc(F)cc23)CC1. The number of pyridine rings is 1. The zero-order valence-corrected chi connectivity index (χ0v) is 11.5. The van der Waals surface area contributed by atoms with E-state index >= 15 is 0 Å². The summed E-state index contributed by atoms with van der Waals surface area (Å²) < 4.78 is 13.5. The highest BCUT2D eigenvalue weighted by molar-refractivity contribution is 5.91. The summed E-state index contributed by atoms with van der Waals surface area (Å²) in [6, 6.07) is 6.47. The summed E-state index contributed by atoms with van der Waals surface area (Å²) in [6.07, 6.45) is 1.72. The van der Waals surface area contributed by atoms with Crippen LogP contribution in [-0.4, -0.2) is 53.7 Å². The number of aromatic nitrogens is 1. The fourth-order valence-corrected chi connectivity index (χ4v) is 2.72. The number of nitrogens with zero attached hydrogens (tertiary/aromatic N) is 3. The number of benzene rings is 1. The highest BCUT2D eigenvalue weighted by atomic mass is 19.1. The Balaban J connectivity index is 1.82. The van der Waals surface area contributed by atoms with Crippen LogP contribution in [0, 0.1) is 5.82 Å². The van der Waals surface area contributed by atoms with Gasteiger partial charge in [-0.05, 0) is 24.3 Å². The Hall–Kier alpha value is -2.21. The first-order chi connectivity index (χ1) is 10.1. The van der Waals surface area contributed by atoms with Crippen LogP contribution in [0.3, 0.4) is 0 Å². The van der Waals surface area contributed by atoms with Gasteiger partial charge in [0.2, 0.25) is 0 Å². The van der Waals surface area contributed by atoms with E-state index in [2.05, 4.69) is 9.88 Å². The van der Waals surface area contributed by atoms with Gasteiger partial charge in [-0.25, -0.2) is 4.39 Å². The van der Waals surface area contributed by atoms with Crippen LogP contribution in [0.25, 0.3) is 10.9 Å². The highest BCUT2D eigenvalue weighted by Gasteiger charge is 2.20. The molecule has 3 rings (SSSR count). The molecule has 21 heavy (non-hydrogen) atoms. The van der Waals surface area contributed by atoms with Gasteiger partial charge in [0.05, 0.1) is 12.1 Å². The second-order valence-electron chi connectivity index (χ2n) is 5.15. The summed E-state index contributed by atoms with van der Waals surface area (Å²) in [5.74, 6) is -1.08. The summed E-state index contributed by atoms with van der Waals surface area (Å²) in [6.45, 7) is 2.89. The third-order valence-electron chi connectivity index (χ3n) is 3.75. The Bertz CT molecular complexity index is 669. The van der Waals surface area contributed by atoms with E-state index in [4.69, 9.17) is 5.11 Å². The van der Waals surface area contributed by atoms with Crippen molar-refractivity contribution in [2.24, 2.45) is 0 Å². The summed E-state index contributed by atoms with van der Waals surface area (Å²) in [7, 11) is 0. The molecule has 1 N–H and O–H groups in total. The number of carboxylic acid groups (broad SMARTS) is 1. The van der Waals surface area contributed by atoms with Crippen LogP contribution in [-0.2, 0) is 4.79 Å².